The van der Waals surface area contributed by atoms with Gasteiger partial charge in [0, 0.05) is 6.07 Å². The fourth-order valence-corrected chi connectivity index (χ4v) is 2.37. The van der Waals surface area contributed by atoms with Crippen LogP contribution >= 0.6 is 11.6 Å². The van der Waals surface area contributed by atoms with Gasteiger partial charge in [0.25, 0.3) is 0 Å². The summed E-state index contributed by atoms with van der Waals surface area (Å²) in [5.74, 6) is -0.892. The molecule has 0 unspecified atom stereocenters. The number of nitrogens with zero attached hydrogens (tertiary/aromatic N) is 1. The van der Waals surface area contributed by atoms with Crippen molar-refractivity contribution in [2.24, 2.45) is 5.73 Å². The lowest BCUT2D eigenvalue weighted by Crippen LogP contribution is -2.42. The number of hydrogen-bond acceptors (Lipinski definition) is 4. The molecule has 0 bridgehead atoms. The molecule has 1 fully saturated rings. The van der Waals surface area contributed by atoms with Crippen molar-refractivity contribution in [3.63, 3.8) is 0 Å². The van der Waals surface area contributed by atoms with Crippen LogP contribution in [-0.2, 0) is 0 Å². The highest BCUT2D eigenvalue weighted by molar-refractivity contribution is 6.31. The van der Waals surface area contributed by atoms with Gasteiger partial charge in [-0.05, 0) is 12.8 Å². The summed E-state index contributed by atoms with van der Waals surface area (Å²) >= 11 is 5.61. The van der Waals surface area contributed by atoms with Crippen molar-refractivity contribution in [3.8, 4) is 5.75 Å². The molecule has 1 aromatic rings. The lowest BCUT2D eigenvalue weighted by molar-refractivity contribution is -0.386. The molecule has 1 aliphatic rings. The van der Waals surface area contributed by atoms with E-state index < -0.39 is 22.0 Å². The molecular formula is C12H14ClFN2O3. The van der Waals surface area contributed by atoms with E-state index in [9.17, 15) is 14.5 Å². The molecule has 0 heterocycles. The first-order valence-electron chi connectivity index (χ1n) is 5.96. The lowest BCUT2D eigenvalue weighted by atomic mass is 10.0. The van der Waals surface area contributed by atoms with Crippen LogP contribution < -0.4 is 10.5 Å². The first-order chi connectivity index (χ1) is 8.91. The standard InChI is InChI=1S/C12H14ClFN2O3/c13-8-5-11(10(16(17)18)6-9(8)14)19-7-12(15)3-1-2-4-12/h5-6H,1-4,7,15H2. The zero-order valence-corrected chi connectivity index (χ0v) is 11.0. The molecule has 2 rings (SSSR count). The van der Waals surface area contributed by atoms with Gasteiger partial charge in [-0.3, -0.25) is 10.1 Å². The van der Waals surface area contributed by atoms with Crippen LogP contribution in [0.5, 0.6) is 5.75 Å². The number of halogens is 2. The van der Waals surface area contributed by atoms with Crippen molar-refractivity contribution in [2.75, 3.05) is 6.61 Å². The minimum Gasteiger partial charge on any atom is -0.485 e. The third-order valence-corrected chi connectivity index (χ3v) is 3.60. The Morgan fingerprint density at radius 2 is 2.11 bits per heavy atom. The number of hydrogen-bond donors (Lipinski definition) is 1. The van der Waals surface area contributed by atoms with Crippen molar-refractivity contribution in [3.05, 3.63) is 33.1 Å². The molecule has 104 valence electrons. The minimum absolute atomic E-state index is 0.0480. The molecular weight excluding hydrogens is 275 g/mol. The Bertz CT molecular complexity index is 504. The fourth-order valence-electron chi connectivity index (χ4n) is 2.22. The van der Waals surface area contributed by atoms with E-state index in [1.165, 1.54) is 0 Å². The Hall–Kier alpha value is -1.40. The van der Waals surface area contributed by atoms with Crippen molar-refractivity contribution in [1.82, 2.24) is 0 Å². The average Bonchev–Trinajstić information content (AvgIpc) is 2.77. The third-order valence-electron chi connectivity index (χ3n) is 3.31. The topological polar surface area (TPSA) is 78.4 Å². The van der Waals surface area contributed by atoms with E-state index in [1.807, 2.05) is 0 Å². The summed E-state index contributed by atoms with van der Waals surface area (Å²) in [6, 6.07) is 1.88. The zero-order chi connectivity index (χ0) is 14.0. The van der Waals surface area contributed by atoms with Crippen LogP contribution in [-0.4, -0.2) is 17.1 Å². The molecule has 5 nitrogen and oxygen atoms in total. The predicted molar refractivity (Wildman–Crippen MR) is 68.9 cm³/mol. The van der Waals surface area contributed by atoms with E-state index >= 15 is 0 Å². The van der Waals surface area contributed by atoms with Crippen LogP contribution in [0.1, 0.15) is 25.7 Å². The Morgan fingerprint density at radius 3 is 2.68 bits per heavy atom. The summed E-state index contributed by atoms with van der Waals surface area (Å²) < 4.78 is 18.6. The fraction of sp³-hybridized carbons (Fsp3) is 0.500. The molecule has 2 N–H and O–H groups in total. The van der Waals surface area contributed by atoms with Crippen molar-refractivity contribution in [2.45, 2.75) is 31.2 Å². The summed E-state index contributed by atoms with van der Waals surface area (Å²) in [6.45, 7) is 0.163. The molecule has 0 radical (unpaired) electrons. The summed E-state index contributed by atoms with van der Waals surface area (Å²) in [5, 5.41) is 10.6. The Balaban J connectivity index is 2.19. The lowest BCUT2D eigenvalue weighted by Gasteiger charge is -2.23. The highest BCUT2D eigenvalue weighted by Gasteiger charge is 2.31. The average molecular weight is 289 g/mol. The molecule has 0 saturated heterocycles. The van der Waals surface area contributed by atoms with Gasteiger partial charge in [-0.1, -0.05) is 24.4 Å². The van der Waals surface area contributed by atoms with Gasteiger partial charge in [0.1, 0.15) is 12.4 Å². The van der Waals surface area contributed by atoms with Gasteiger partial charge in [-0.25, -0.2) is 4.39 Å². The second-order valence-corrected chi connectivity index (χ2v) is 5.26. The Kier molecular flexibility index (Phi) is 3.91. The molecule has 0 spiro atoms. The zero-order valence-electron chi connectivity index (χ0n) is 10.2. The predicted octanol–water partition coefficient (Wildman–Crippen LogP) is 3.04. The summed E-state index contributed by atoms with van der Waals surface area (Å²) in [6.07, 6.45) is 3.67. The maximum Gasteiger partial charge on any atom is 0.313 e. The normalized spacial score (nSPS) is 17.4. The van der Waals surface area contributed by atoms with Crippen LogP contribution in [0, 0.1) is 15.9 Å². The maximum atomic E-state index is 13.2. The van der Waals surface area contributed by atoms with E-state index in [0.717, 1.165) is 37.8 Å². The second kappa shape index (κ2) is 5.30. The number of nitrogens with two attached hydrogens (primary N) is 1. The monoisotopic (exact) mass is 288 g/mol. The van der Waals surface area contributed by atoms with E-state index in [2.05, 4.69) is 0 Å². The van der Waals surface area contributed by atoms with Crippen molar-refractivity contribution < 1.29 is 14.1 Å². The molecule has 1 aliphatic carbocycles. The van der Waals surface area contributed by atoms with Gasteiger partial charge in [-0.2, -0.15) is 0 Å². The van der Waals surface area contributed by atoms with E-state index in [0.29, 0.717) is 0 Å². The highest BCUT2D eigenvalue weighted by atomic mass is 35.5. The summed E-state index contributed by atoms with van der Waals surface area (Å²) in [7, 11) is 0. The molecule has 0 aromatic heterocycles. The number of nitro benzene ring substituents is 1. The van der Waals surface area contributed by atoms with E-state index in [1.54, 1.807) is 0 Å². The van der Waals surface area contributed by atoms with Gasteiger partial charge < -0.3 is 10.5 Å². The van der Waals surface area contributed by atoms with Gasteiger partial charge in [0.15, 0.2) is 5.75 Å². The Morgan fingerprint density at radius 1 is 1.47 bits per heavy atom. The first-order valence-corrected chi connectivity index (χ1v) is 6.34. The van der Waals surface area contributed by atoms with Crippen LogP contribution in [0.3, 0.4) is 0 Å². The third kappa shape index (κ3) is 3.13. The number of nitro groups is 1. The summed E-state index contributed by atoms with van der Waals surface area (Å²) in [4.78, 5) is 10.1. The molecule has 1 aromatic carbocycles. The number of rotatable bonds is 4. The second-order valence-electron chi connectivity index (χ2n) is 4.85. The van der Waals surface area contributed by atoms with E-state index in [4.69, 9.17) is 22.1 Å². The van der Waals surface area contributed by atoms with Gasteiger partial charge >= 0.3 is 5.69 Å². The van der Waals surface area contributed by atoms with Gasteiger partial charge in [0.05, 0.1) is 21.6 Å². The molecule has 0 atom stereocenters. The van der Waals surface area contributed by atoms with Crippen LogP contribution in [0.25, 0.3) is 0 Å². The van der Waals surface area contributed by atoms with Crippen molar-refractivity contribution >= 4 is 17.3 Å². The van der Waals surface area contributed by atoms with Gasteiger partial charge in [0.2, 0.25) is 0 Å². The van der Waals surface area contributed by atoms with E-state index in [-0.39, 0.29) is 17.4 Å². The van der Waals surface area contributed by atoms with Crippen LogP contribution in [0.15, 0.2) is 12.1 Å². The van der Waals surface area contributed by atoms with Crippen LogP contribution in [0.2, 0.25) is 5.02 Å². The smallest absolute Gasteiger partial charge is 0.313 e. The first kappa shape index (κ1) is 14.0. The molecule has 0 amide bonds. The highest BCUT2D eigenvalue weighted by Crippen LogP contribution is 2.34. The molecule has 19 heavy (non-hydrogen) atoms. The maximum absolute atomic E-state index is 13.2. The molecule has 0 aliphatic heterocycles. The molecule has 1 saturated carbocycles. The SMILES string of the molecule is NC1(COc2cc(Cl)c(F)cc2[N+](=O)[O-])CCCC1. The van der Waals surface area contributed by atoms with Gasteiger partial charge in [-0.15, -0.1) is 0 Å². The summed E-state index contributed by atoms with van der Waals surface area (Å²) in [5.41, 5.74) is 5.19. The Labute approximate surface area is 114 Å². The van der Waals surface area contributed by atoms with Crippen LogP contribution in [0.4, 0.5) is 10.1 Å². The van der Waals surface area contributed by atoms with Crippen molar-refractivity contribution in [1.29, 1.82) is 0 Å². The minimum atomic E-state index is -0.843. The number of ether oxygens (including phenoxy) is 1. The largest absolute Gasteiger partial charge is 0.485 e. The number of benzene rings is 1. The molecule has 7 heteroatoms. The quantitative estimate of drug-likeness (QED) is 0.682.